The second-order valence-corrected chi connectivity index (χ2v) is 11.4. The Labute approximate surface area is 226 Å². The number of carbonyl (C=O) groups excluding carboxylic acids is 5. The number of carbonyl (C=O) groups is 5. The minimum absolute atomic E-state index is 0.166. The summed E-state index contributed by atoms with van der Waals surface area (Å²) < 4.78 is 5.39. The van der Waals surface area contributed by atoms with Crippen LogP contribution in [0, 0.1) is 5.92 Å². The molecule has 2 rings (SSSR count). The van der Waals surface area contributed by atoms with Crippen molar-refractivity contribution < 1.29 is 28.7 Å². The maximum atomic E-state index is 13.8. The highest BCUT2D eigenvalue weighted by Crippen LogP contribution is 2.30. The largest absolute Gasteiger partial charge is 0.444 e. The molecule has 0 aromatic carbocycles. The van der Waals surface area contributed by atoms with Crippen molar-refractivity contribution in [1.29, 1.82) is 0 Å². The Morgan fingerprint density at radius 1 is 1.03 bits per heavy atom. The van der Waals surface area contributed by atoms with Crippen molar-refractivity contribution in [2.45, 2.75) is 116 Å². The Morgan fingerprint density at radius 3 is 2.18 bits per heavy atom. The fourth-order valence-corrected chi connectivity index (χ4v) is 4.96. The van der Waals surface area contributed by atoms with Gasteiger partial charge in [0.25, 0.3) is 5.91 Å². The first kappa shape index (κ1) is 31.3. The molecule has 10 nitrogen and oxygen atoms in total. The van der Waals surface area contributed by atoms with E-state index in [1.807, 2.05) is 6.92 Å². The molecule has 214 valence electrons. The molecule has 4 atom stereocenters. The van der Waals surface area contributed by atoms with Crippen LogP contribution < -0.4 is 16.0 Å². The predicted octanol–water partition coefficient (Wildman–Crippen LogP) is 3.00. The molecule has 0 saturated carbocycles. The molecule has 0 unspecified atom stereocenters. The number of fused-ring (bicyclic) bond motifs is 1. The smallest absolute Gasteiger partial charge is 0.408 e. The molecule has 2 aliphatic heterocycles. The second kappa shape index (κ2) is 14.3. The highest BCUT2D eigenvalue weighted by Gasteiger charge is 2.45. The average molecular weight is 535 g/mol. The van der Waals surface area contributed by atoms with Crippen LogP contribution >= 0.6 is 0 Å². The topological polar surface area (TPSA) is 134 Å². The summed E-state index contributed by atoms with van der Waals surface area (Å²) in [5.74, 6) is -2.67. The van der Waals surface area contributed by atoms with Gasteiger partial charge >= 0.3 is 6.09 Å². The molecule has 0 aromatic heterocycles. The molecule has 0 spiro atoms. The monoisotopic (exact) mass is 534 g/mol. The lowest BCUT2D eigenvalue weighted by molar-refractivity contribution is -0.143. The lowest BCUT2D eigenvalue weighted by atomic mass is 9.96. The quantitative estimate of drug-likeness (QED) is 0.375. The zero-order chi connectivity index (χ0) is 28.5. The van der Waals surface area contributed by atoms with Gasteiger partial charge in [-0.05, 0) is 40.5 Å². The number of Topliss-reactive ketones (excluding diaryl/α,β-unsaturated/α-hetero) is 1. The Hall–Kier alpha value is -2.91. The molecule has 38 heavy (non-hydrogen) atoms. The number of alkyl carbamates (subject to hydrolysis) is 1. The highest BCUT2D eigenvalue weighted by molar-refractivity contribution is 6.38. The lowest BCUT2D eigenvalue weighted by Crippen LogP contribution is -2.57. The Kier molecular flexibility index (Phi) is 11.8. The van der Waals surface area contributed by atoms with Gasteiger partial charge in [0.15, 0.2) is 0 Å². The van der Waals surface area contributed by atoms with Crippen molar-refractivity contribution in [3.05, 3.63) is 12.2 Å². The molecule has 2 saturated heterocycles. The van der Waals surface area contributed by atoms with E-state index in [1.54, 1.807) is 27.7 Å². The van der Waals surface area contributed by atoms with Gasteiger partial charge in [-0.25, -0.2) is 4.79 Å². The van der Waals surface area contributed by atoms with Crippen molar-refractivity contribution >= 4 is 29.6 Å². The first-order valence-electron chi connectivity index (χ1n) is 14.0. The van der Waals surface area contributed by atoms with E-state index >= 15 is 0 Å². The predicted molar refractivity (Wildman–Crippen MR) is 144 cm³/mol. The summed E-state index contributed by atoms with van der Waals surface area (Å²) >= 11 is 0. The number of amides is 4. The lowest BCUT2D eigenvalue weighted by Gasteiger charge is -2.31. The van der Waals surface area contributed by atoms with E-state index in [9.17, 15) is 24.0 Å². The molecule has 10 heteroatoms. The van der Waals surface area contributed by atoms with Crippen LogP contribution in [0.5, 0.6) is 0 Å². The minimum Gasteiger partial charge on any atom is -0.444 e. The molecule has 2 fully saturated rings. The molecular weight excluding hydrogens is 488 g/mol. The van der Waals surface area contributed by atoms with Gasteiger partial charge in [0.05, 0.1) is 6.04 Å². The molecule has 3 N–H and O–H groups in total. The van der Waals surface area contributed by atoms with Gasteiger partial charge in [-0.3, -0.25) is 19.2 Å². The van der Waals surface area contributed by atoms with E-state index in [2.05, 4.69) is 22.5 Å². The first-order valence-corrected chi connectivity index (χ1v) is 14.0. The standard InChI is InChI=1S/C28H46N4O6/c1-7-29-25(35)23(33)20-15-13-11-9-8-10-12-14-16-21(31-27(37)38-28(4,5)6)26(36)32-17-18(2)19(3)22(32)24(34)30-20/h19-22H,2,7-17H2,1,3-6H3,(H,29,35)(H,30,34)(H,31,37)/t19-,20-,21-,22-/m0/s1. The van der Waals surface area contributed by atoms with Crippen LogP contribution in [-0.2, 0) is 23.9 Å². The summed E-state index contributed by atoms with van der Waals surface area (Å²) in [6.45, 7) is 13.3. The van der Waals surface area contributed by atoms with Gasteiger partial charge in [-0.2, -0.15) is 0 Å². The normalized spacial score (nSPS) is 26.2. The van der Waals surface area contributed by atoms with Gasteiger partial charge in [-0.15, -0.1) is 0 Å². The van der Waals surface area contributed by atoms with Crippen molar-refractivity contribution in [3.63, 3.8) is 0 Å². The van der Waals surface area contributed by atoms with Crippen LogP contribution in [0.4, 0.5) is 4.79 Å². The van der Waals surface area contributed by atoms with Gasteiger partial charge in [-0.1, -0.05) is 64.0 Å². The third-order valence-corrected chi connectivity index (χ3v) is 7.05. The average Bonchev–Trinajstić information content (AvgIpc) is 3.12. The van der Waals surface area contributed by atoms with Crippen LogP contribution in [0.25, 0.3) is 0 Å². The third kappa shape index (κ3) is 9.13. The number of hydrogen-bond donors (Lipinski definition) is 3. The molecule has 2 heterocycles. The summed E-state index contributed by atoms with van der Waals surface area (Å²) in [4.78, 5) is 66.5. The molecule has 0 aliphatic carbocycles. The minimum atomic E-state index is -0.976. The Morgan fingerprint density at radius 2 is 1.61 bits per heavy atom. The van der Waals surface area contributed by atoms with Gasteiger partial charge in [0.1, 0.15) is 17.7 Å². The van der Waals surface area contributed by atoms with E-state index in [0.717, 1.165) is 38.5 Å². The molecule has 2 aliphatic rings. The van der Waals surface area contributed by atoms with Crippen molar-refractivity contribution in [2.75, 3.05) is 13.1 Å². The number of rotatable bonds is 4. The van der Waals surface area contributed by atoms with Crippen molar-refractivity contribution in [1.82, 2.24) is 20.9 Å². The number of nitrogens with one attached hydrogen (secondary N) is 3. The third-order valence-electron chi connectivity index (χ3n) is 7.05. The Balaban J connectivity index is 2.34. The number of nitrogens with zero attached hydrogens (tertiary/aromatic N) is 1. The summed E-state index contributed by atoms with van der Waals surface area (Å²) in [5, 5.41) is 8.01. The molecule has 0 radical (unpaired) electrons. The van der Waals surface area contributed by atoms with Crippen LogP contribution in [0.2, 0.25) is 0 Å². The maximum Gasteiger partial charge on any atom is 0.408 e. The number of ether oxygens (including phenoxy) is 1. The van der Waals surface area contributed by atoms with Crippen LogP contribution in [0.15, 0.2) is 12.2 Å². The summed E-state index contributed by atoms with van der Waals surface area (Å²) in [6, 6.07) is -2.75. The van der Waals surface area contributed by atoms with Gasteiger partial charge in [0.2, 0.25) is 17.6 Å². The molecule has 4 amide bonds. The zero-order valence-electron chi connectivity index (χ0n) is 23.7. The van der Waals surface area contributed by atoms with E-state index in [0.29, 0.717) is 31.4 Å². The zero-order valence-corrected chi connectivity index (χ0v) is 23.7. The second-order valence-electron chi connectivity index (χ2n) is 11.4. The maximum absolute atomic E-state index is 13.8. The highest BCUT2D eigenvalue weighted by atomic mass is 16.6. The van der Waals surface area contributed by atoms with E-state index in [1.165, 1.54) is 4.90 Å². The van der Waals surface area contributed by atoms with E-state index in [4.69, 9.17) is 4.74 Å². The summed E-state index contributed by atoms with van der Waals surface area (Å²) in [7, 11) is 0. The van der Waals surface area contributed by atoms with E-state index in [-0.39, 0.29) is 18.4 Å². The van der Waals surface area contributed by atoms with Crippen molar-refractivity contribution in [2.24, 2.45) is 5.92 Å². The van der Waals surface area contributed by atoms with Crippen LogP contribution in [0.3, 0.4) is 0 Å². The van der Waals surface area contributed by atoms with Crippen LogP contribution in [0.1, 0.15) is 92.4 Å². The Bertz CT molecular complexity index is 896. The first-order chi connectivity index (χ1) is 17.9. The molecule has 0 aromatic rings. The molecule has 0 bridgehead atoms. The molecular formula is C28H46N4O6. The summed E-state index contributed by atoms with van der Waals surface area (Å²) in [6.07, 6.45) is 6.29. The van der Waals surface area contributed by atoms with Gasteiger partial charge < -0.3 is 25.6 Å². The number of ketones is 1. The summed E-state index contributed by atoms with van der Waals surface area (Å²) in [5.41, 5.74) is -0.0188. The van der Waals surface area contributed by atoms with Gasteiger partial charge in [0, 0.05) is 19.0 Å². The number of likely N-dealkylation sites (N-methyl/N-ethyl adjacent to an activating group) is 1. The number of hydrogen-bond acceptors (Lipinski definition) is 6. The fourth-order valence-electron chi connectivity index (χ4n) is 4.96. The SMILES string of the molecule is C=C1CN2C(=O)[C@@H](NC(=O)OC(C)(C)C)CCCCCCCCC[C@@H](C(=O)C(=O)NCC)NC(=O)[C@@H]2[C@H]1C. The van der Waals surface area contributed by atoms with Crippen LogP contribution in [-0.4, -0.2) is 71.3 Å². The van der Waals surface area contributed by atoms with E-state index < -0.39 is 47.4 Å². The fraction of sp³-hybridized carbons (Fsp3) is 0.750. The van der Waals surface area contributed by atoms with Crippen molar-refractivity contribution in [3.8, 4) is 0 Å².